The minimum absolute atomic E-state index is 0.0356. The third-order valence-electron chi connectivity index (χ3n) is 3.89. The number of rotatable bonds is 4. The Morgan fingerprint density at radius 1 is 1.39 bits per heavy atom. The molecule has 1 saturated heterocycles. The summed E-state index contributed by atoms with van der Waals surface area (Å²) in [6.45, 7) is 2.48. The second-order valence-corrected chi connectivity index (χ2v) is 5.93. The van der Waals surface area contributed by atoms with Crippen LogP contribution in [0.4, 0.5) is 5.69 Å². The first-order chi connectivity index (χ1) is 11.1. The number of nitrogens with one attached hydrogen (secondary N) is 1. The Hall–Kier alpha value is -2.27. The van der Waals surface area contributed by atoms with E-state index in [0.29, 0.717) is 35.0 Å². The van der Waals surface area contributed by atoms with Gasteiger partial charge in [-0.25, -0.2) is 0 Å². The second kappa shape index (κ2) is 6.46. The maximum absolute atomic E-state index is 12.4. The Balaban J connectivity index is 1.80. The van der Waals surface area contributed by atoms with Crippen LogP contribution in [-0.2, 0) is 4.79 Å². The van der Waals surface area contributed by atoms with Gasteiger partial charge in [0.25, 0.3) is 5.91 Å². The Kier molecular flexibility index (Phi) is 4.39. The van der Waals surface area contributed by atoms with Gasteiger partial charge in [0.2, 0.25) is 5.91 Å². The molecule has 0 saturated carbocycles. The molecule has 1 fully saturated rings. The van der Waals surface area contributed by atoms with Crippen LogP contribution in [0.25, 0.3) is 0 Å². The van der Waals surface area contributed by atoms with Crippen molar-refractivity contribution in [3.8, 4) is 0 Å². The lowest BCUT2D eigenvalue weighted by Gasteiger charge is -2.18. The summed E-state index contributed by atoms with van der Waals surface area (Å²) in [7, 11) is 0. The van der Waals surface area contributed by atoms with E-state index >= 15 is 0 Å². The van der Waals surface area contributed by atoms with Crippen molar-refractivity contribution in [3.63, 3.8) is 0 Å². The minimum atomic E-state index is -0.245. The van der Waals surface area contributed by atoms with Crippen molar-refractivity contribution in [1.82, 2.24) is 5.32 Å². The molecule has 23 heavy (non-hydrogen) atoms. The summed E-state index contributed by atoms with van der Waals surface area (Å²) < 4.78 is 5.28. The molecule has 1 aliphatic heterocycles. The zero-order valence-electron chi connectivity index (χ0n) is 12.7. The van der Waals surface area contributed by atoms with E-state index < -0.39 is 0 Å². The molecule has 1 aromatic heterocycles. The lowest BCUT2D eigenvalue weighted by atomic mass is 10.1. The summed E-state index contributed by atoms with van der Waals surface area (Å²) in [5, 5.41) is 3.34. The van der Waals surface area contributed by atoms with Gasteiger partial charge < -0.3 is 14.6 Å². The molecular weight excluding hydrogens is 316 g/mol. The fourth-order valence-electron chi connectivity index (χ4n) is 2.65. The highest BCUT2D eigenvalue weighted by atomic mass is 35.5. The standard InChI is InChI=1S/C17H17ClN2O3/c1-11(15-4-3-9-23-15)19-17(22)12-6-7-13(18)14(10-12)20-8-2-5-16(20)21/h3-4,6-7,9-11H,2,5,8H2,1H3,(H,19,22)/t11-/m1/s1. The zero-order valence-corrected chi connectivity index (χ0v) is 13.5. The average Bonchev–Trinajstić information content (AvgIpc) is 3.19. The lowest BCUT2D eigenvalue weighted by molar-refractivity contribution is -0.117. The number of nitrogens with zero attached hydrogens (tertiary/aromatic N) is 1. The van der Waals surface area contributed by atoms with Gasteiger partial charge in [0.1, 0.15) is 5.76 Å². The monoisotopic (exact) mass is 332 g/mol. The Morgan fingerprint density at radius 3 is 2.87 bits per heavy atom. The zero-order chi connectivity index (χ0) is 16.4. The summed E-state index contributed by atoms with van der Waals surface area (Å²) in [5.74, 6) is 0.481. The molecule has 1 atom stereocenters. The van der Waals surface area contributed by atoms with Crippen molar-refractivity contribution >= 4 is 29.1 Å². The first kappa shape index (κ1) is 15.6. The third-order valence-corrected chi connectivity index (χ3v) is 4.21. The van der Waals surface area contributed by atoms with Crippen molar-refractivity contribution in [2.75, 3.05) is 11.4 Å². The van der Waals surface area contributed by atoms with Crippen LogP contribution in [0, 0.1) is 0 Å². The average molecular weight is 333 g/mol. The summed E-state index contributed by atoms with van der Waals surface area (Å²) in [5.41, 5.74) is 1.05. The SMILES string of the molecule is C[C@@H](NC(=O)c1ccc(Cl)c(N2CCCC2=O)c1)c1ccco1. The van der Waals surface area contributed by atoms with Crippen molar-refractivity contribution < 1.29 is 14.0 Å². The van der Waals surface area contributed by atoms with E-state index in [0.717, 1.165) is 6.42 Å². The first-order valence-corrected chi connectivity index (χ1v) is 7.88. The number of furan rings is 1. The van der Waals surface area contributed by atoms with Crippen molar-refractivity contribution in [2.45, 2.75) is 25.8 Å². The highest BCUT2D eigenvalue weighted by molar-refractivity contribution is 6.34. The predicted molar refractivity (Wildman–Crippen MR) is 87.6 cm³/mol. The van der Waals surface area contributed by atoms with E-state index in [2.05, 4.69) is 5.32 Å². The van der Waals surface area contributed by atoms with Gasteiger partial charge in [-0.1, -0.05) is 11.6 Å². The molecule has 2 heterocycles. The molecule has 3 rings (SSSR count). The van der Waals surface area contributed by atoms with Crippen molar-refractivity contribution in [2.24, 2.45) is 0 Å². The van der Waals surface area contributed by atoms with E-state index in [9.17, 15) is 9.59 Å². The van der Waals surface area contributed by atoms with Crippen LogP contribution in [0.5, 0.6) is 0 Å². The van der Waals surface area contributed by atoms with E-state index in [1.807, 2.05) is 6.92 Å². The number of halogens is 1. The number of carbonyl (C=O) groups is 2. The molecule has 5 nitrogen and oxygen atoms in total. The van der Waals surface area contributed by atoms with Gasteiger partial charge in [0, 0.05) is 18.5 Å². The molecule has 0 unspecified atom stereocenters. The molecular formula is C17H17ClN2O3. The molecule has 2 aromatic rings. The number of hydrogen-bond donors (Lipinski definition) is 1. The molecule has 1 aromatic carbocycles. The van der Waals surface area contributed by atoms with Gasteiger partial charge in [-0.3, -0.25) is 9.59 Å². The topological polar surface area (TPSA) is 62.6 Å². The van der Waals surface area contributed by atoms with Crippen molar-refractivity contribution in [3.05, 3.63) is 52.9 Å². The van der Waals surface area contributed by atoms with Crippen LogP contribution in [0.1, 0.15) is 41.9 Å². The lowest BCUT2D eigenvalue weighted by Crippen LogP contribution is -2.28. The maximum Gasteiger partial charge on any atom is 0.251 e. The Bertz CT molecular complexity index is 727. The van der Waals surface area contributed by atoms with E-state index in [-0.39, 0.29) is 17.9 Å². The van der Waals surface area contributed by atoms with Crippen LogP contribution in [0.15, 0.2) is 41.0 Å². The van der Waals surface area contributed by atoms with Gasteiger partial charge in [-0.2, -0.15) is 0 Å². The fraction of sp³-hybridized carbons (Fsp3) is 0.294. The van der Waals surface area contributed by atoms with Crippen molar-refractivity contribution in [1.29, 1.82) is 0 Å². The van der Waals surface area contributed by atoms with E-state index in [4.69, 9.17) is 16.0 Å². The van der Waals surface area contributed by atoms with Gasteiger partial charge in [-0.15, -0.1) is 0 Å². The van der Waals surface area contributed by atoms with Gasteiger partial charge in [-0.05, 0) is 43.7 Å². The fourth-order valence-corrected chi connectivity index (χ4v) is 2.87. The number of benzene rings is 1. The van der Waals surface area contributed by atoms with Crippen LogP contribution < -0.4 is 10.2 Å². The molecule has 0 radical (unpaired) electrons. The van der Waals surface area contributed by atoms with Gasteiger partial charge in [0.05, 0.1) is 23.0 Å². The minimum Gasteiger partial charge on any atom is -0.467 e. The predicted octanol–water partition coefficient (Wildman–Crippen LogP) is 3.55. The number of anilines is 1. The second-order valence-electron chi connectivity index (χ2n) is 5.53. The number of hydrogen-bond acceptors (Lipinski definition) is 3. The van der Waals surface area contributed by atoms with E-state index in [1.165, 1.54) is 0 Å². The molecule has 1 N–H and O–H groups in total. The number of amides is 2. The molecule has 1 aliphatic rings. The molecule has 2 amide bonds. The molecule has 0 aliphatic carbocycles. The third kappa shape index (κ3) is 3.24. The molecule has 0 bridgehead atoms. The first-order valence-electron chi connectivity index (χ1n) is 7.50. The molecule has 0 spiro atoms. The smallest absolute Gasteiger partial charge is 0.251 e. The summed E-state index contributed by atoms with van der Waals surface area (Å²) in [6, 6.07) is 8.30. The highest BCUT2D eigenvalue weighted by Gasteiger charge is 2.24. The Labute approximate surface area is 139 Å². The molecule has 120 valence electrons. The highest BCUT2D eigenvalue weighted by Crippen LogP contribution is 2.30. The normalized spacial score (nSPS) is 15.7. The largest absolute Gasteiger partial charge is 0.467 e. The van der Waals surface area contributed by atoms with E-state index in [1.54, 1.807) is 41.5 Å². The number of carbonyl (C=O) groups excluding carboxylic acids is 2. The quantitative estimate of drug-likeness (QED) is 0.931. The summed E-state index contributed by atoms with van der Waals surface area (Å²) in [4.78, 5) is 25.9. The Morgan fingerprint density at radius 2 is 2.22 bits per heavy atom. The van der Waals surface area contributed by atoms with Crippen LogP contribution in [0.2, 0.25) is 5.02 Å². The molecule has 6 heteroatoms. The summed E-state index contributed by atoms with van der Waals surface area (Å²) >= 11 is 6.19. The van der Waals surface area contributed by atoms with Gasteiger partial charge in [0.15, 0.2) is 0 Å². The maximum atomic E-state index is 12.4. The van der Waals surface area contributed by atoms with Crippen LogP contribution >= 0.6 is 11.6 Å². The van der Waals surface area contributed by atoms with Gasteiger partial charge >= 0.3 is 0 Å². The van der Waals surface area contributed by atoms with Crippen LogP contribution in [0.3, 0.4) is 0 Å². The summed E-state index contributed by atoms with van der Waals surface area (Å²) in [6.07, 6.45) is 2.89. The van der Waals surface area contributed by atoms with Crippen LogP contribution in [-0.4, -0.2) is 18.4 Å².